The van der Waals surface area contributed by atoms with Crippen molar-refractivity contribution < 1.29 is 31.5 Å². The average molecular weight is 481 g/mol. The summed E-state index contributed by atoms with van der Waals surface area (Å²) < 4.78 is 40.4. The van der Waals surface area contributed by atoms with Gasteiger partial charge in [0.15, 0.2) is 6.61 Å². The average Bonchev–Trinajstić information content (AvgIpc) is 3.32. The smallest absolute Gasteiger partial charge is 0.339 e. The summed E-state index contributed by atoms with van der Waals surface area (Å²) in [7, 11) is -4.32. The molecule has 0 aliphatic heterocycles. The molecule has 12 heteroatoms. The van der Waals surface area contributed by atoms with Gasteiger partial charge in [-0.3, -0.25) is 10.1 Å². The van der Waals surface area contributed by atoms with E-state index in [1.807, 2.05) is 18.2 Å². The molecule has 0 radical (unpaired) electrons. The molecule has 4 rings (SSSR count). The van der Waals surface area contributed by atoms with Gasteiger partial charge in [-0.2, -0.15) is 8.42 Å². The molecule has 0 atom stereocenters. The minimum absolute atomic E-state index is 0.0903. The number of non-ortho nitro benzene ring substituents is 1. The monoisotopic (exact) mass is 481 g/mol. The number of carbonyl (C=O) groups is 1. The molecule has 172 valence electrons. The molecule has 0 saturated heterocycles. The predicted octanol–water partition coefficient (Wildman–Crippen LogP) is 3.77. The van der Waals surface area contributed by atoms with Crippen LogP contribution in [0.2, 0.25) is 0 Å². The van der Waals surface area contributed by atoms with Crippen LogP contribution in [0.3, 0.4) is 0 Å². The van der Waals surface area contributed by atoms with E-state index in [9.17, 15) is 23.3 Å². The number of nitro benzene ring substituents is 1. The minimum atomic E-state index is -4.32. The Balaban J connectivity index is 1.38. The third-order valence-corrected chi connectivity index (χ3v) is 5.67. The summed E-state index contributed by atoms with van der Waals surface area (Å²) >= 11 is 0. The van der Waals surface area contributed by atoms with Crippen molar-refractivity contribution in [3.05, 3.63) is 100 Å². The summed E-state index contributed by atoms with van der Waals surface area (Å²) in [5, 5.41) is 18.6. The highest BCUT2D eigenvalue weighted by Gasteiger charge is 2.20. The molecule has 4 aromatic rings. The molecule has 0 aliphatic rings. The van der Waals surface area contributed by atoms with Crippen LogP contribution in [-0.2, 0) is 21.5 Å². The summed E-state index contributed by atoms with van der Waals surface area (Å²) in [6.45, 7) is -0.252. The van der Waals surface area contributed by atoms with Crippen LogP contribution < -0.4 is 4.18 Å². The fourth-order valence-electron chi connectivity index (χ4n) is 2.79. The summed E-state index contributed by atoms with van der Waals surface area (Å²) in [4.78, 5) is 22.1. The predicted molar refractivity (Wildman–Crippen MR) is 116 cm³/mol. The van der Waals surface area contributed by atoms with Crippen LogP contribution in [-0.4, -0.2) is 29.5 Å². The lowest BCUT2D eigenvalue weighted by molar-refractivity contribution is -0.385. The largest absolute Gasteiger partial charge is 0.452 e. The number of hydrogen-bond donors (Lipinski definition) is 0. The van der Waals surface area contributed by atoms with E-state index in [-0.39, 0.29) is 40.3 Å². The van der Waals surface area contributed by atoms with Crippen LogP contribution in [0.5, 0.6) is 5.75 Å². The van der Waals surface area contributed by atoms with Crippen molar-refractivity contribution in [3.8, 4) is 17.2 Å². The van der Waals surface area contributed by atoms with Crippen molar-refractivity contribution in [1.82, 2.24) is 10.2 Å². The summed E-state index contributed by atoms with van der Waals surface area (Å²) in [5.74, 6) is -0.395. The molecule has 0 fully saturated rings. The van der Waals surface area contributed by atoms with E-state index in [1.54, 1.807) is 12.1 Å². The normalized spacial score (nSPS) is 11.1. The summed E-state index contributed by atoms with van der Waals surface area (Å²) in [6, 6.07) is 18.7. The Morgan fingerprint density at radius 3 is 2.41 bits per heavy atom. The molecular formula is C22H15N3O8S. The molecule has 1 heterocycles. The van der Waals surface area contributed by atoms with E-state index in [1.165, 1.54) is 36.4 Å². The SMILES string of the molecule is O=C(OCc1nnc(-c2ccccc2)o1)c1ccc(OS(=O)(=O)c2cccc([N+](=O)[O-])c2)cc1. The van der Waals surface area contributed by atoms with Gasteiger partial charge in [-0.1, -0.05) is 24.3 Å². The topological polar surface area (TPSA) is 152 Å². The van der Waals surface area contributed by atoms with Crippen molar-refractivity contribution >= 4 is 21.8 Å². The van der Waals surface area contributed by atoms with E-state index in [2.05, 4.69) is 10.2 Å². The van der Waals surface area contributed by atoms with Gasteiger partial charge in [-0.05, 0) is 42.5 Å². The third kappa shape index (κ3) is 5.24. The number of ether oxygens (including phenoxy) is 1. The highest BCUT2D eigenvalue weighted by atomic mass is 32.2. The van der Waals surface area contributed by atoms with Gasteiger partial charge in [-0.15, -0.1) is 10.2 Å². The van der Waals surface area contributed by atoms with Crippen molar-refractivity contribution in [1.29, 1.82) is 0 Å². The van der Waals surface area contributed by atoms with Gasteiger partial charge in [0.1, 0.15) is 10.6 Å². The van der Waals surface area contributed by atoms with Gasteiger partial charge in [-0.25, -0.2) is 4.79 Å². The molecule has 0 spiro atoms. The van der Waals surface area contributed by atoms with Gasteiger partial charge in [0.25, 0.3) is 11.6 Å². The van der Waals surface area contributed by atoms with E-state index in [0.29, 0.717) is 0 Å². The molecule has 0 unspecified atom stereocenters. The van der Waals surface area contributed by atoms with Crippen molar-refractivity contribution in [2.45, 2.75) is 11.5 Å². The Hall–Kier alpha value is -4.58. The molecule has 3 aromatic carbocycles. The van der Waals surface area contributed by atoms with Gasteiger partial charge in [0, 0.05) is 17.7 Å². The first kappa shape index (κ1) is 22.6. The van der Waals surface area contributed by atoms with Crippen LogP contribution >= 0.6 is 0 Å². The molecule has 0 amide bonds. The number of aromatic nitrogens is 2. The molecule has 0 bridgehead atoms. The van der Waals surface area contributed by atoms with Gasteiger partial charge in [0.2, 0.25) is 5.89 Å². The number of carbonyl (C=O) groups excluding carboxylic acids is 1. The number of hydrogen-bond acceptors (Lipinski definition) is 10. The first-order chi connectivity index (χ1) is 16.3. The lowest BCUT2D eigenvalue weighted by atomic mass is 10.2. The Kier molecular flexibility index (Phi) is 6.32. The molecule has 34 heavy (non-hydrogen) atoms. The Labute approximate surface area is 192 Å². The second-order valence-electron chi connectivity index (χ2n) is 6.76. The number of esters is 1. The number of benzene rings is 3. The summed E-state index contributed by atoms with van der Waals surface area (Å²) in [6.07, 6.45) is 0. The van der Waals surface area contributed by atoms with Crippen LogP contribution in [0.4, 0.5) is 5.69 Å². The lowest BCUT2D eigenvalue weighted by Gasteiger charge is -2.08. The molecule has 11 nitrogen and oxygen atoms in total. The maximum absolute atomic E-state index is 12.4. The Bertz CT molecular complexity index is 1430. The van der Waals surface area contributed by atoms with Gasteiger partial charge in [0.05, 0.1) is 10.5 Å². The quantitative estimate of drug-likeness (QED) is 0.157. The zero-order valence-electron chi connectivity index (χ0n) is 17.2. The highest BCUT2D eigenvalue weighted by molar-refractivity contribution is 7.87. The minimum Gasteiger partial charge on any atom is -0.452 e. The number of rotatable bonds is 8. The molecule has 0 N–H and O–H groups in total. The van der Waals surface area contributed by atoms with Crippen LogP contribution in [0.15, 0.2) is 88.2 Å². The Morgan fingerprint density at radius 1 is 0.971 bits per heavy atom. The lowest BCUT2D eigenvalue weighted by Crippen LogP contribution is -2.10. The molecule has 1 aromatic heterocycles. The second-order valence-corrected chi connectivity index (χ2v) is 8.31. The van der Waals surface area contributed by atoms with E-state index in [0.717, 1.165) is 17.7 Å². The third-order valence-electron chi connectivity index (χ3n) is 4.43. The maximum atomic E-state index is 12.4. The van der Waals surface area contributed by atoms with E-state index >= 15 is 0 Å². The van der Waals surface area contributed by atoms with E-state index < -0.39 is 21.0 Å². The van der Waals surface area contributed by atoms with Crippen LogP contribution in [0.25, 0.3) is 11.5 Å². The molecular weight excluding hydrogens is 466 g/mol. The zero-order valence-corrected chi connectivity index (χ0v) is 18.0. The first-order valence-electron chi connectivity index (χ1n) is 9.66. The maximum Gasteiger partial charge on any atom is 0.339 e. The second kappa shape index (κ2) is 9.50. The highest BCUT2D eigenvalue weighted by Crippen LogP contribution is 2.23. The van der Waals surface area contributed by atoms with Gasteiger partial charge < -0.3 is 13.3 Å². The molecule has 0 aliphatic carbocycles. The fraction of sp³-hybridized carbons (Fsp3) is 0.0455. The van der Waals surface area contributed by atoms with Crippen molar-refractivity contribution in [3.63, 3.8) is 0 Å². The number of nitro groups is 1. The molecule has 0 saturated carbocycles. The van der Waals surface area contributed by atoms with Crippen molar-refractivity contribution in [2.24, 2.45) is 0 Å². The van der Waals surface area contributed by atoms with Crippen LogP contribution in [0.1, 0.15) is 16.2 Å². The standard InChI is InChI=1S/C22H15N3O8S/c26-22(31-14-20-23-24-21(32-20)15-5-2-1-3-6-15)16-9-11-18(12-10-16)33-34(29,30)19-8-4-7-17(13-19)25(27)28/h1-13H,14H2. The van der Waals surface area contributed by atoms with Crippen molar-refractivity contribution in [2.75, 3.05) is 0 Å². The zero-order chi connectivity index (χ0) is 24.1. The summed E-state index contributed by atoms with van der Waals surface area (Å²) in [5.41, 5.74) is 0.464. The van der Waals surface area contributed by atoms with Gasteiger partial charge >= 0.3 is 16.1 Å². The fourth-order valence-corrected chi connectivity index (χ4v) is 3.76. The van der Waals surface area contributed by atoms with Crippen LogP contribution in [0, 0.1) is 10.1 Å². The number of nitrogens with zero attached hydrogens (tertiary/aromatic N) is 3. The van der Waals surface area contributed by atoms with E-state index in [4.69, 9.17) is 13.3 Å². The first-order valence-corrected chi connectivity index (χ1v) is 11.1. The Morgan fingerprint density at radius 2 is 1.71 bits per heavy atom.